The first-order chi connectivity index (χ1) is 12.0. The minimum atomic E-state index is -0.155. The van der Waals surface area contributed by atoms with Crippen LogP contribution in [0.25, 0.3) is 0 Å². The number of aromatic nitrogens is 2. The highest BCUT2D eigenvalue weighted by Gasteiger charge is 2.33. The number of nitrogens with zero attached hydrogens (tertiary/aromatic N) is 3. The maximum absolute atomic E-state index is 12.6. The van der Waals surface area contributed by atoms with Gasteiger partial charge in [-0.1, -0.05) is 17.7 Å². The van der Waals surface area contributed by atoms with Crippen LogP contribution < -0.4 is 5.32 Å². The Morgan fingerprint density at radius 3 is 2.44 bits per heavy atom. The molecule has 0 atom stereocenters. The molecule has 0 radical (unpaired) electrons. The minimum Gasteiger partial charge on any atom is -0.334 e. The third-order valence-corrected chi connectivity index (χ3v) is 4.16. The van der Waals surface area contributed by atoms with E-state index in [0.717, 1.165) is 29.8 Å². The number of hydrogen-bond acceptors (Lipinski definition) is 4. The summed E-state index contributed by atoms with van der Waals surface area (Å²) in [5, 5.41) is 2.87. The van der Waals surface area contributed by atoms with Gasteiger partial charge in [0.25, 0.3) is 5.91 Å². The molecule has 25 heavy (non-hydrogen) atoms. The first-order valence-electron chi connectivity index (χ1n) is 8.49. The molecule has 1 saturated carbocycles. The molecule has 6 heteroatoms. The van der Waals surface area contributed by atoms with Crippen molar-refractivity contribution in [2.45, 2.75) is 39.2 Å². The molecule has 0 unspecified atom stereocenters. The quantitative estimate of drug-likeness (QED) is 0.879. The molecule has 1 aliphatic rings. The average Bonchev–Trinajstić information content (AvgIpc) is 3.42. The first-order valence-corrected chi connectivity index (χ1v) is 8.49. The Balaban J connectivity index is 1.58. The van der Waals surface area contributed by atoms with Gasteiger partial charge in [0.05, 0.1) is 11.9 Å². The number of carbonyl (C=O) groups is 2. The molecule has 3 rings (SSSR count). The van der Waals surface area contributed by atoms with Gasteiger partial charge in [-0.25, -0.2) is 4.98 Å². The molecular weight excluding hydrogens is 316 g/mol. The monoisotopic (exact) mass is 338 g/mol. The molecule has 130 valence electrons. The maximum atomic E-state index is 12.6. The lowest BCUT2D eigenvalue weighted by atomic mass is 10.2. The molecule has 1 heterocycles. The normalized spacial score (nSPS) is 13.4. The van der Waals surface area contributed by atoms with E-state index in [2.05, 4.69) is 15.3 Å². The zero-order valence-corrected chi connectivity index (χ0v) is 14.5. The van der Waals surface area contributed by atoms with Crippen molar-refractivity contribution in [1.82, 2.24) is 14.9 Å². The Kier molecular flexibility index (Phi) is 5.07. The highest BCUT2D eigenvalue weighted by Crippen LogP contribution is 2.28. The summed E-state index contributed by atoms with van der Waals surface area (Å²) in [6.07, 6.45) is 5.30. The molecule has 1 aromatic carbocycles. The summed E-state index contributed by atoms with van der Waals surface area (Å²) in [5.74, 6) is -0.254. The first kappa shape index (κ1) is 17.1. The third kappa shape index (κ3) is 4.62. The van der Waals surface area contributed by atoms with Gasteiger partial charge in [-0.05, 0) is 38.8 Å². The number of carbonyl (C=O) groups excluding carboxylic acids is 2. The molecule has 2 aromatic rings. The number of rotatable bonds is 6. The van der Waals surface area contributed by atoms with Crippen molar-refractivity contribution in [3.05, 3.63) is 53.6 Å². The van der Waals surface area contributed by atoms with Crippen molar-refractivity contribution < 1.29 is 9.59 Å². The van der Waals surface area contributed by atoms with E-state index >= 15 is 0 Å². The predicted molar refractivity (Wildman–Crippen MR) is 95.3 cm³/mol. The molecule has 2 amide bonds. The van der Waals surface area contributed by atoms with E-state index in [1.165, 1.54) is 6.20 Å². The lowest BCUT2D eigenvalue weighted by Gasteiger charge is -2.21. The zero-order valence-electron chi connectivity index (χ0n) is 14.5. The van der Waals surface area contributed by atoms with Crippen LogP contribution in [-0.4, -0.2) is 39.3 Å². The lowest BCUT2D eigenvalue weighted by molar-refractivity contribution is -0.116. The number of anilines is 1. The van der Waals surface area contributed by atoms with Crippen LogP contribution in [0.4, 0.5) is 5.69 Å². The summed E-state index contributed by atoms with van der Waals surface area (Å²) < 4.78 is 0. The van der Waals surface area contributed by atoms with E-state index < -0.39 is 0 Å². The smallest absolute Gasteiger partial charge is 0.274 e. The van der Waals surface area contributed by atoms with E-state index in [1.54, 1.807) is 11.1 Å². The van der Waals surface area contributed by atoms with Gasteiger partial charge in [-0.3, -0.25) is 14.6 Å². The largest absolute Gasteiger partial charge is 0.334 e. The van der Waals surface area contributed by atoms with Crippen LogP contribution in [0.15, 0.2) is 36.7 Å². The van der Waals surface area contributed by atoms with Gasteiger partial charge in [-0.2, -0.15) is 0 Å². The van der Waals surface area contributed by atoms with Gasteiger partial charge in [0, 0.05) is 30.9 Å². The van der Waals surface area contributed by atoms with Crippen LogP contribution in [0.2, 0.25) is 0 Å². The van der Waals surface area contributed by atoms with Gasteiger partial charge in [-0.15, -0.1) is 0 Å². The van der Waals surface area contributed by atoms with Crippen LogP contribution in [0.1, 0.15) is 41.0 Å². The van der Waals surface area contributed by atoms with Crippen molar-refractivity contribution in [2.24, 2.45) is 0 Å². The second-order valence-electron chi connectivity index (χ2n) is 6.44. The summed E-state index contributed by atoms with van der Waals surface area (Å²) in [4.78, 5) is 34.8. The van der Waals surface area contributed by atoms with E-state index in [9.17, 15) is 9.59 Å². The molecule has 0 aliphatic heterocycles. The summed E-state index contributed by atoms with van der Waals surface area (Å²) in [6, 6.07) is 7.86. The maximum Gasteiger partial charge on any atom is 0.274 e. The van der Waals surface area contributed by atoms with Crippen molar-refractivity contribution in [1.29, 1.82) is 0 Å². The molecule has 6 nitrogen and oxygen atoms in total. The van der Waals surface area contributed by atoms with E-state index in [1.807, 2.05) is 38.1 Å². The molecule has 1 aliphatic carbocycles. The molecule has 0 spiro atoms. The fourth-order valence-corrected chi connectivity index (χ4v) is 2.57. The van der Waals surface area contributed by atoms with Crippen LogP contribution >= 0.6 is 0 Å². The molecule has 1 fully saturated rings. The summed E-state index contributed by atoms with van der Waals surface area (Å²) in [5.41, 5.74) is 3.01. The zero-order chi connectivity index (χ0) is 17.8. The third-order valence-electron chi connectivity index (χ3n) is 4.16. The highest BCUT2D eigenvalue weighted by molar-refractivity contribution is 5.94. The minimum absolute atomic E-state index is 0.0997. The number of amides is 2. The summed E-state index contributed by atoms with van der Waals surface area (Å²) >= 11 is 0. The van der Waals surface area contributed by atoms with Gasteiger partial charge < -0.3 is 10.2 Å². The summed E-state index contributed by atoms with van der Waals surface area (Å²) in [7, 11) is 0. The standard InChI is InChI=1S/C19H22N4O2/c1-13-3-5-15(6-4-13)22-18(24)9-10-23(16-7-8-16)19(25)17-12-20-14(2)11-21-17/h3-6,11-12,16H,7-10H2,1-2H3,(H,22,24). The second-order valence-corrected chi connectivity index (χ2v) is 6.44. The second kappa shape index (κ2) is 7.42. The van der Waals surface area contributed by atoms with Gasteiger partial charge >= 0.3 is 0 Å². The van der Waals surface area contributed by atoms with Crippen molar-refractivity contribution in [3.63, 3.8) is 0 Å². The fraction of sp³-hybridized carbons (Fsp3) is 0.368. The number of nitrogens with one attached hydrogen (secondary N) is 1. The Morgan fingerprint density at radius 2 is 1.84 bits per heavy atom. The topological polar surface area (TPSA) is 75.2 Å². The number of benzene rings is 1. The summed E-state index contributed by atoms with van der Waals surface area (Å²) in [6.45, 7) is 4.21. The van der Waals surface area contributed by atoms with E-state index in [0.29, 0.717) is 12.2 Å². The molecule has 0 saturated heterocycles. The SMILES string of the molecule is Cc1ccc(NC(=O)CCN(C(=O)c2cnc(C)cn2)C2CC2)cc1. The van der Waals surface area contributed by atoms with Crippen molar-refractivity contribution in [3.8, 4) is 0 Å². The highest BCUT2D eigenvalue weighted by atomic mass is 16.2. The predicted octanol–water partition coefficient (Wildman–Crippen LogP) is 2.73. The number of aryl methyl sites for hydroxylation is 2. The van der Waals surface area contributed by atoms with Gasteiger partial charge in [0.2, 0.25) is 5.91 Å². The molecule has 0 bridgehead atoms. The van der Waals surface area contributed by atoms with Crippen molar-refractivity contribution in [2.75, 3.05) is 11.9 Å². The molecular formula is C19H22N4O2. The van der Waals surface area contributed by atoms with E-state index in [-0.39, 0.29) is 24.3 Å². The Labute approximate surface area is 147 Å². The Hall–Kier alpha value is -2.76. The van der Waals surface area contributed by atoms with Crippen LogP contribution in [-0.2, 0) is 4.79 Å². The van der Waals surface area contributed by atoms with Crippen molar-refractivity contribution >= 4 is 17.5 Å². The lowest BCUT2D eigenvalue weighted by Crippen LogP contribution is -2.36. The fourth-order valence-electron chi connectivity index (χ4n) is 2.57. The molecule has 1 aromatic heterocycles. The van der Waals surface area contributed by atoms with Crippen LogP contribution in [0.5, 0.6) is 0 Å². The Bertz CT molecular complexity index is 752. The van der Waals surface area contributed by atoms with Crippen LogP contribution in [0, 0.1) is 13.8 Å². The van der Waals surface area contributed by atoms with Crippen LogP contribution in [0.3, 0.4) is 0 Å². The number of hydrogen-bond donors (Lipinski definition) is 1. The van der Waals surface area contributed by atoms with Gasteiger partial charge in [0.1, 0.15) is 5.69 Å². The average molecular weight is 338 g/mol. The van der Waals surface area contributed by atoms with Gasteiger partial charge in [0.15, 0.2) is 0 Å². The van der Waals surface area contributed by atoms with E-state index in [4.69, 9.17) is 0 Å². The molecule has 1 N–H and O–H groups in total. The Morgan fingerprint density at radius 1 is 1.12 bits per heavy atom.